The largest absolute Gasteiger partial charge is 0.322 e. The Labute approximate surface area is 92.8 Å². The van der Waals surface area contributed by atoms with E-state index in [9.17, 15) is 13.2 Å². The van der Waals surface area contributed by atoms with E-state index >= 15 is 0 Å². The molecule has 3 N–H and O–H groups in total. The van der Waals surface area contributed by atoms with E-state index in [0.717, 1.165) is 0 Å². The average Bonchev–Trinajstić information content (AvgIpc) is 2.18. The summed E-state index contributed by atoms with van der Waals surface area (Å²) < 4.78 is 22.8. The minimum absolute atomic E-state index is 0.0504. The van der Waals surface area contributed by atoms with Gasteiger partial charge in [0.15, 0.2) is 9.84 Å². The first-order chi connectivity index (χ1) is 7.39. The standard InChI is InChI=1S/C9H13N3O3S/c1-5(10)8-11-7-2-3-16(14,15)4-6(7)9(13)12-8/h5H,2-4,10H2,1H3,(H,11,12,13). The third-order valence-electron chi connectivity index (χ3n) is 2.56. The van der Waals surface area contributed by atoms with Crippen LogP contribution in [0.5, 0.6) is 0 Å². The molecule has 0 bridgehead atoms. The summed E-state index contributed by atoms with van der Waals surface area (Å²) in [5.74, 6) is 0.238. The van der Waals surface area contributed by atoms with Gasteiger partial charge in [0.05, 0.1) is 28.8 Å². The van der Waals surface area contributed by atoms with Gasteiger partial charge in [0.2, 0.25) is 0 Å². The molecule has 1 aromatic rings. The molecule has 0 radical (unpaired) electrons. The highest BCUT2D eigenvalue weighted by Gasteiger charge is 2.25. The molecule has 16 heavy (non-hydrogen) atoms. The molecule has 1 aliphatic heterocycles. The van der Waals surface area contributed by atoms with Crippen LogP contribution in [0.15, 0.2) is 4.79 Å². The molecule has 0 spiro atoms. The third kappa shape index (κ3) is 2.00. The molecular formula is C9H13N3O3S. The van der Waals surface area contributed by atoms with Crippen molar-refractivity contribution in [3.63, 3.8) is 0 Å². The lowest BCUT2D eigenvalue weighted by atomic mass is 10.2. The zero-order valence-electron chi connectivity index (χ0n) is 8.86. The molecule has 1 unspecified atom stereocenters. The Morgan fingerprint density at radius 2 is 2.19 bits per heavy atom. The molecule has 88 valence electrons. The van der Waals surface area contributed by atoms with Crippen molar-refractivity contribution in [2.75, 3.05) is 5.75 Å². The van der Waals surface area contributed by atoms with Crippen molar-refractivity contribution in [1.82, 2.24) is 9.97 Å². The van der Waals surface area contributed by atoms with E-state index < -0.39 is 9.84 Å². The first-order valence-electron chi connectivity index (χ1n) is 4.97. The van der Waals surface area contributed by atoms with Gasteiger partial charge in [-0.25, -0.2) is 13.4 Å². The average molecular weight is 243 g/mol. The fourth-order valence-electron chi connectivity index (χ4n) is 1.68. The quantitative estimate of drug-likeness (QED) is 0.675. The summed E-state index contributed by atoms with van der Waals surface area (Å²) in [6, 6.07) is -0.364. The van der Waals surface area contributed by atoms with Crippen LogP contribution < -0.4 is 11.3 Å². The number of nitrogens with one attached hydrogen (secondary N) is 1. The molecule has 0 amide bonds. The van der Waals surface area contributed by atoms with Crippen molar-refractivity contribution in [3.05, 3.63) is 27.4 Å². The highest BCUT2D eigenvalue weighted by atomic mass is 32.2. The smallest absolute Gasteiger partial charge is 0.255 e. The van der Waals surface area contributed by atoms with Gasteiger partial charge in [-0.15, -0.1) is 0 Å². The van der Waals surface area contributed by atoms with Crippen molar-refractivity contribution in [3.8, 4) is 0 Å². The predicted octanol–water partition coefficient (Wildman–Crippen LogP) is -0.739. The topological polar surface area (TPSA) is 106 Å². The van der Waals surface area contributed by atoms with Crippen LogP contribution in [0, 0.1) is 0 Å². The fraction of sp³-hybridized carbons (Fsp3) is 0.556. The van der Waals surface area contributed by atoms with Crippen molar-refractivity contribution in [2.45, 2.75) is 25.1 Å². The molecule has 2 rings (SSSR count). The van der Waals surface area contributed by atoms with Crippen molar-refractivity contribution >= 4 is 9.84 Å². The van der Waals surface area contributed by atoms with E-state index in [1.54, 1.807) is 6.92 Å². The molecule has 0 saturated carbocycles. The van der Waals surface area contributed by atoms with Gasteiger partial charge in [-0.1, -0.05) is 0 Å². The van der Waals surface area contributed by atoms with E-state index in [0.29, 0.717) is 17.9 Å². The van der Waals surface area contributed by atoms with Gasteiger partial charge >= 0.3 is 0 Å². The number of rotatable bonds is 1. The van der Waals surface area contributed by atoms with Gasteiger partial charge in [0.1, 0.15) is 5.82 Å². The molecular weight excluding hydrogens is 230 g/mol. The van der Waals surface area contributed by atoms with Crippen LogP contribution in [0.2, 0.25) is 0 Å². The molecule has 2 heterocycles. The van der Waals surface area contributed by atoms with E-state index in [1.165, 1.54) is 0 Å². The first-order valence-corrected chi connectivity index (χ1v) is 6.79. The van der Waals surface area contributed by atoms with Crippen LogP contribution in [0.25, 0.3) is 0 Å². The summed E-state index contributed by atoms with van der Waals surface area (Å²) >= 11 is 0. The summed E-state index contributed by atoms with van der Waals surface area (Å²) in [6.45, 7) is 1.71. The SMILES string of the molecule is CC(N)c1nc2c(c(=O)[nH]1)CS(=O)(=O)CC2. The third-order valence-corrected chi connectivity index (χ3v) is 4.12. The first kappa shape index (κ1) is 11.3. The van der Waals surface area contributed by atoms with Gasteiger partial charge in [0, 0.05) is 6.42 Å². The predicted molar refractivity (Wildman–Crippen MR) is 58.7 cm³/mol. The van der Waals surface area contributed by atoms with Crippen LogP contribution in [0.1, 0.15) is 30.0 Å². The van der Waals surface area contributed by atoms with Crippen molar-refractivity contribution in [1.29, 1.82) is 0 Å². The van der Waals surface area contributed by atoms with Gasteiger partial charge in [-0.3, -0.25) is 4.79 Å². The van der Waals surface area contributed by atoms with Crippen molar-refractivity contribution in [2.24, 2.45) is 5.73 Å². The lowest BCUT2D eigenvalue weighted by molar-refractivity contribution is 0.588. The number of nitrogens with zero attached hydrogens (tertiary/aromatic N) is 1. The Morgan fingerprint density at radius 3 is 2.81 bits per heavy atom. The minimum Gasteiger partial charge on any atom is -0.322 e. The van der Waals surface area contributed by atoms with Crippen LogP contribution in [-0.4, -0.2) is 24.1 Å². The second-order valence-corrected chi connectivity index (χ2v) is 6.19. The Kier molecular flexibility index (Phi) is 2.59. The Balaban J connectivity index is 2.57. The highest BCUT2D eigenvalue weighted by molar-refractivity contribution is 7.90. The number of aryl methyl sites for hydroxylation is 1. The van der Waals surface area contributed by atoms with Gasteiger partial charge in [0.25, 0.3) is 5.56 Å². The molecule has 1 aromatic heterocycles. The van der Waals surface area contributed by atoms with Crippen molar-refractivity contribution < 1.29 is 8.42 Å². The minimum atomic E-state index is -3.14. The molecule has 0 aromatic carbocycles. The van der Waals surface area contributed by atoms with Gasteiger partial charge < -0.3 is 10.7 Å². The number of H-pyrrole nitrogens is 1. The Morgan fingerprint density at radius 1 is 1.50 bits per heavy atom. The van der Waals surface area contributed by atoms with E-state index in [1.807, 2.05) is 0 Å². The summed E-state index contributed by atoms with van der Waals surface area (Å²) in [7, 11) is -3.14. The maximum Gasteiger partial charge on any atom is 0.255 e. The van der Waals surface area contributed by atoms with Crippen LogP contribution in [-0.2, 0) is 22.0 Å². The summed E-state index contributed by atoms with van der Waals surface area (Å²) in [5, 5.41) is 0. The second-order valence-electron chi connectivity index (χ2n) is 4.01. The molecule has 1 aliphatic rings. The second kappa shape index (κ2) is 3.67. The van der Waals surface area contributed by atoms with Gasteiger partial charge in [-0.2, -0.15) is 0 Å². The lowest BCUT2D eigenvalue weighted by Crippen LogP contribution is -2.30. The number of fused-ring (bicyclic) bond motifs is 1. The molecule has 6 nitrogen and oxygen atoms in total. The number of aromatic nitrogens is 2. The molecule has 0 fully saturated rings. The lowest BCUT2D eigenvalue weighted by Gasteiger charge is -2.16. The maximum absolute atomic E-state index is 11.7. The normalized spacial score (nSPS) is 20.1. The zero-order valence-corrected chi connectivity index (χ0v) is 9.67. The highest BCUT2D eigenvalue weighted by Crippen LogP contribution is 2.16. The number of nitrogens with two attached hydrogens (primary N) is 1. The van der Waals surface area contributed by atoms with E-state index in [-0.39, 0.29) is 28.7 Å². The maximum atomic E-state index is 11.7. The Hall–Kier alpha value is -1.21. The van der Waals surface area contributed by atoms with Gasteiger partial charge in [-0.05, 0) is 6.92 Å². The van der Waals surface area contributed by atoms with Crippen LogP contribution in [0.3, 0.4) is 0 Å². The molecule has 7 heteroatoms. The number of aromatic amines is 1. The van der Waals surface area contributed by atoms with Crippen LogP contribution in [0.4, 0.5) is 0 Å². The van der Waals surface area contributed by atoms with E-state index in [2.05, 4.69) is 9.97 Å². The van der Waals surface area contributed by atoms with Crippen LogP contribution >= 0.6 is 0 Å². The molecule has 1 atom stereocenters. The monoisotopic (exact) mass is 243 g/mol. The summed E-state index contributed by atoms with van der Waals surface area (Å²) in [6.07, 6.45) is 0.293. The number of hydrogen-bond donors (Lipinski definition) is 2. The summed E-state index contributed by atoms with van der Waals surface area (Å²) in [4.78, 5) is 18.4. The fourth-order valence-corrected chi connectivity index (χ4v) is 3.07. The number of hydrogen-bond acceptors (Lipinski definition) is 5. The van der Waals surface area contributed by atoms with E-state index in [4.69, 9.17) is 5.73 Å². The zero-order chi connectivity index (χ0) is 11.9. The molecule has 0 saturated heterocycles. The Bertz CT molecular complexity index is 574. The summed E-state index contributed by atoms with van der Waals surface area (Å²) in [5.41, 5.74) is 6.05. The molecule has 0 aliphatic carbocycles. The number of sulfone groups is 1.